The molecule has 0 radical (unpaired) electrons. The molecule has 2 heterocycles. The second-order valence-electron chi connectivity index (χ2n) is 6.88. The molecular formula is C18H22N2O5S2. The number of hydrogen-bond acceptors (Lipinski definition) is 6. The first-order valence-electron chi connectivity index (χ1n) is 8.73. The zero-order valence-corrected chi connectivity index (χ0v) is 16.6. The highest BCUT2D eigenvalue weighted by Gasteiger charge is 2.26. The molecule has 1 fully saturated rings. The van der Waals surface area contributed by atoms with Crippen LogP contribution in [0.2, 0.25) is 0 Å². The van der Waals surface area contributed by atoms with Crippen molar-refractivity contribution in [2.45, 2.75) is 43.8 Å². The number of amides is 2. The van der Waals surface area contributed by atoms with Gasteiger partial charge in [0.25, 0.3) is 11.8 Å². The second-order valence-corrected chi connectivity index (χ2v) is 9.90. The number of sulfone groups is 1. The monoisotopic (exact) mass is 410 g/mol. The van der Waals surface area contributed by atoms with Crippen molar-refractivity contribution in [2.24, 2.45) is 5.73 Å². The lowest BCUT2D eigenvalue weighted by molar-refractivity contribution is 0.0995. The molecule has 2 aromatic rings. The number of nitrogens with one attached hydrogen (secondary N) is 1. The molecule has 27 heavy (non-hydrogen) atoms. The molecule has 0 unspecified atom stereocenters. The van der Waals surface area contributed by atoms with Crippen LogP contribution in [0.5, 0.6) is 0 Å². The number of nitrogens with two attached hydrogens (primary N) is 1. The third-order valence-electron chi connectivity index (χ3n) is 4.63. The summed E-state index contributed by atoms with van der Waals surface area (Å²) in [5, 5.41) is 4.97. The molecule has 7 nitrogen and oxygen atoms in total. The maximum absolute atomic E-state index is 12.5. The molecule has 9 heteroatoms. The zero-order valence-electron chi connectivity index (χ0n) is 15.0. The SMILES string of the molecule is CS(=O)(=O)Cc1ccc(C(=O)Nc2scc(C3CCCCC3)c2C(N)=O)o1. The molecule has 0 aromatic carbocycles. The minimum Gasteiger partial charge on any atom is -0.455 e. The van der Waals surface area contributed by atoms with Crippen LogP contribution >= 0.6 is 11.3 Å². The van der Waals surface area contributed by atoms with E-state index in [0.29, 0.717) is 10.6 Å². The van der Waals surface area contributed by atoms with E-state index in [0.717, 1.165) is 37.5 Å². The molecule has 1 aliphatic carbocycles. The van der Waals surface area contributed by atoms with Crippen LogP contribution in [0.4, 0.5) is 5.00 Å². The number of carbonyl (C=O) groups excluding carboxylic acids is 2. The van der Waals surface area contributed by atoms with Gasteiger partial charge >= 0.3 is 0 Å². The maximum Gasteiger partial charge on any atom is 0.291 e. The van der Waals surface area contributed by atoms with Gasteiger partial charge in [-0.15, -0.1) is 11.3 Å². The van der Waals surface area contributed by atoms with Crippen LogP contribution in [-0.2, 0) is 15.6 Å². The summed E-state index contributed by atoms with van der Waals surface area (Å²) in [7, 11) is -3.26. The Balaban J connectivity index is 1.80. The van der Waals surface area contributed by atoms with Crippen LogP contribution in [0.1, 0.15) is 70.3 Å². The molecule has 0 atom stereocenters. The Bertz CT molecular complexity index is 952. The van der Waals surface area contributed by atoms with E-state index in [1.807, 2.05) is 5.38 Å². The van der Waals surface area contributed by atoms with E-state index in [9.17, 15) is 18.0 Å². The van der Waals surface area contributed by atoms with Gasteiger partial charge in [-0.25, -0.2) is 8.42 Å². The number of carbonyl (C=O) groups is 2. The molecule has 0 bridgehead atoms. The lowest BCUT2D eigenvalue weighted by Gasteiger charge is -2.21. The van der Waals surface area contributed by atoms with E-state index >= 15 is 0 Å². The van der Waals surface area contributed by atoms with Crippen LogP contribution in [0.3, 0.4) is 0 Å². The molecule has 0 aliphatic heterocycles. The molecule has 0 spiro atoms. The predicted molar refractivity (Wildman–Crippen MR) is 104 cm³/mol. The number of primary amides is 1. The molecule has 1 aliphatic rings. The minimum absolute atomic E-state index is 0.0170. The smallest absolute Gasteiger partial charge is 0.291 e. The summed E-state index contributed by atoms with van der Waals surface area (Å²) < 4.78 is 28.0. The van der Waals surface area contributed by atoms with Crippen molar-refractivity contribution in [2.75, 3.05) is 11.6 Å². The summed E-state index contributed by atoms with van der Waals surface area (Å²) in [6.07, 6.45) is 6.55. The molecule has 2 amide bonds. The van der Waals surface area contributed by atoms with E-state index < -0.39 is 21.7 Å². The molecule has 0 saturated heterocycles. The molecular weight excluding hydrogens is 388 g/mol. The van der Waals surface area contributed by atoms with Crippen LogP contribution in [0.15, 0.2) is 21.9 Å². The van der Waals surface area contributed by atoms with Crippen molar-refractivity contribution < 1.29 is 22.4 Å². The Hall–Kier alpha value is -2.13. The van der Waals surface area contributed by atoms with Crippen molar-refractivity contribution >= 4 is 38.0 Å². The maximum atomic E-state index is 12.5. The van der Waals surface area contributed by atoms with Gasteiger partial charge in [0, 0.05) is 6.26 Å². The average molecular weight is 411 g/mol. The Labute approximate surface area is 161 Å². The number of anilines is 1. The van der Waals surface area contributed by atoms with Gasteiger partial charge in [0.1, 0.15) is 16.5 Å². The minimum atomic E-state index is -3.26. The van der Waals surface area contributed by atoms with Crippen molar-refractivity contribution in [3.8, 4) is 0 Å². The summed E-state index contributed by atoms with van der Waals surface area (Å²) in [4.78, 5) is 24.5. The topological polar surface area (TPSA) is 119 Å². The summed E-state index contributed by atoms with van der Waals surface area (Å²) in [5.74, 6) is -0.937. The third kappa shape index (κ3) is 4.78. The highest BCUT2D eigenvalue weighted by atomic mass is 32.2. The molecule has 1 saturated carbocycles. The first-order chi connectivity index (χ1) is 12.7. The third-order valence-corrected chi connectivity index (χ3v) is 6.35. The fourth-order valence-corrected chi connectivity index (χ4v) is 5.15. The van der Waals surface area contributed by atoms with E-state index in [1.54, 1.807) is 0 Å². The molecule has 146 valence electrons. The molecule has 3 rings (SSSR count). The first kappa shape index (κ1) is 19.6. The van der Waals surface area contributed by atoms with E-state index in [-0.39, 0.29) is 23.2 Å². The fourth-order valence-electron chi connectivity index (χ4n) is 3.43. The van der Waals surface area contributed by atoms with Crippen LogP contribution in [0.25, 0.3) is 0 Å². The Morgan fingerprint density at radius 3 is 2.59 bits per heavy atom. The van der Waals surface area contributed by atoms with Gasteiger partial charge in [0.2, 0.25) is 0 Å². The normalized spacial score (nSPS) is 15.6. The van der Waals surface area contributed by atoms with E-state index in [1.165, 1.54) is 29.9 Å². The number of furan rings is 1. The van der Waals surface area contributed by atoms with Gasteiger partial charge in [0.05, 0.1) is 5.56 Å². The van der Waals surface area contributed by atoms with Crippen molar-refractivity contribution in [1.29, 1.82) is 0 Å². The summed E-state index contributed by atoms with van der Waals surface area (Å²) >= 11 is 1.27. The average Bonchev–Trinajstić information content (AvgIpc) is 3.21. The van der Waals surface area contributed by atoms with Crippen molar-refractivity contribution in [3.63, 3.8) is 0 Å². The van der Waals surface area contributed by atoms with E-state index in [4.69, 9.17) is 10.2 Å². The quantitative estimate of drug-likeness (QED) is 0.757. The Kier molecular flexibility index (Phi) is 5.71. The van der Waals surface area contributed by atoms with Gasteiger partial charge in [0.15, 0.2) is 15.6 Å². The van der Waals surface area contributed by atoms with Gasteiger partial charge in [-0.2, -0.15) is 0 Å². The lowest BCUT2D eigenvalue weighted by Crippen LogP contribution is -2.19. The standard InChI is InChI=1S/C18H22N2O5S2/c1-27(23,24)10-12-7-8-14(25-12)17(22)20-18-15(16(19)21)13(9-26-18)11-5-3-2-4-6-11/h7-9,11H,2-6,10H2,1H3,(H2,19,21)(H,20,22). The van der Waals surface area contributed by atoms with Gasteiger partial charge in [-0.1, -0.05) is 19.3 Å². The van der Waals surface area contributed by atoms with Crippen molar-refractivity contribution in [3.05, 3.63) is 40.2 Å². The Morgan fingerprint density at radius 2 is 1.96 bits per heavy atom. The fraction of sp³-hybridized carbons (Fsp3) is 0.444. The van der Waals surface area contributed by atoms with Gasteiger partial charge < -0.3 is 15.5 Å². The van der Waals surface area contributed by atoms with E-state index in [2.05, 4.69) is 5.32 Å². The first-order valence-corrected chi connectivity index (χ1v) is 11.7. The molecule has 3 N–H and O–H groups in total. The number of rotatable bonds is 6. The number of hydrogen-bond donors (Lipinski definition) is 2. The number of thiophene rings is 1. The largest absolute Gasteiger partial charge is 0.455 e. The summed E-state index contributed by atoms with van der Waals surface area (Å²) in [5.41, 5.74) is 6.85. The Morgan fingerprint density at radius 1 is 1.26 bits per heavy atom. The van der Waals surface area contributed by atoms with Gasteiger partial charge in [-0.3, -0.25) is 9.59 Å². The summed E-state index contributed by atoms with van der Waals surface area (Å²) in [6, 6.07) is 2.86. The van der Waals surface area contributed by atoms with Gasteiger partial charge in [-0.05, 0) is 41.8 Å². The van der Waals surface area contributed by atoms with Crippen LogP contribution in [0, 0.1) is 0 Å². The molecule has 2 aromatic heterocycles. The summed E-state index contributed by atoms with van der Waals surface area (Å²) in [6.45, 7) is 0. The van der Waals surface area contributed by atoms with Crippen LogP contribution < -0.4 is 11.1 Å². The zero-order chi connectivity index (χ0) is 19.6. The highest BCUT2D eigenvalue weighted by Crippen LogP contribution is 2.40. The van der Waals surface area contributed by atoms with Crippen LogP contribution in [-0.4, -0.2) is 26.5 Å². The lowest BCUT2D eigenvalue weighted by atomic mass is 9.83. The predicted octanol–water partition coefficient (Wildman–Crippen LogP) is 3.28. The highest BCUT2D eigenvalue weighted by molar-refractivity contribution is 7.89. The van der Waals surface area contributed by atoms with Crippen molar-refractivity contribution in [1.82, 2.24) is 0 Å². The second kappa shape index (κ2) is 7.85.